The summed E-state index contributed by atoms with van der Waals surface area (Å²) >= 11 is 0. The molecule has 0 atom stereocenters. The normalized spacial score (nSPS) is 9.67. The van der Waals surface area contributed by atoms with Gasteiger partial charge >= 0.3 is 6.01 Å². The zero-order valence-corrected chi connectivity index (χ0v) is 7.95. The van der Waals surface area contributed by atoms with E-state index in [0.717, 1.165) is 11.1 Å². The predicted octanol–water partition coefficient (Wildman–Crippen LogP) is 2.99. The largest absolute Gasteiger partial charge is 0.415 e. The van der Waals surface area contributed by atoms with Gasteiger partial charge in [0.05, 0.1) is 0 Å². The van der Waals surface area contributed by atoms with Gasteiger partial charge in [-0.1, -0.05) is 17.7 Å². The minimum Gasteiger partial charge on any atom is -0.415 e. The molecule has 0 spiro atoms. The van der Waals surface area contributed by atoms with Crippen molar-refractivity contribution in [1.82, 2.24) is 10.2 Å². The van der Waals surface area contributed by atoms with Crippen molar-refractivity contribution in [2.45, 2.75) is 6.92 Å². The number of nitrogens with zero attached hydrogens (tertiary/aromatic N) is 5. The molecular weight excluding hydrogens is 194 g/mol. The van der Waals surface area contributed by atoms with Crippen molar-refractivity contribution in [2.75, 3.05) is 0 Å². The smallest absolute Gasteiger partial charge is 0.304 e. The molecule has 15 heavy (non-hydrogen) atoms. The fraction of sp³-hybridized carbons (Fsp3) is 0.111. The molecule has 0 saturated carbocycles. The first kappa shape index (κ1) is 9.23. The summed E-state index contributed by atoms with van der Waals surface area (Å²) in [4.78, 5) is 2.56. The van der Waals surface area contributed by atoms with Crippen molar-refractivity contribution >= 4 is 6.01 Å². The van der Waals surface area contributed by atoms with Gasteiger partial charge in [0.2, 0.25) is 5.89 Å². The number of benzene rings is 1. The Balaban J connectivity index is 2.37. The summed E-state index contributed by atoms with van der Waals surface area (Å²) in [5, 5.41) is 10.5. The van der Waals surface area contributed by atoms with E-state index in [1.54, 1.807) is 0 Å². The van der Waals surface area contributed by atoms with Crippen LogP contribution in [0.1, 0.15) is 5.56 Å². The van der Waals surface area contributed by atoms with E-state index in [1.165, 1.54) is 0 Å². The summed E-state index contributed by atoms with van der Waals surface area (Å²) in [6.45, 7) is 1.99. The van der Waals surface area contributed by atoms with Crippen LogP contribution in [0.3, 0.4) is 0 Å². The van der Waals surface area contributed by atoms with E-state index in [-0.39, 0.29) is 6.01 Å². The maximum absolute atomic E-state index is 8.17. The Morgan fingerprint density at radius 1 is 1.27 bits per heavy atom. The summed E-state index contributed by atoms with van der Waals surface area (Å²) in [5.41, 5.74) is 10.1. The number of azide groups is 1. The molecule has 0 N–H and O–H groups in total. The van der Waals surface area contributed by atoms with Crippen molar-refractivity contribution < 1.29 is 4.42 Å². The minimum atomic E-state index is -0.0759. The molecule has 74 valence electrons. The average Bonchev–Trinajstić information content (AvgIpc) is 2.68. The summed E-state index contributed by atoms with van der Waals surface area (Å²) < 4.78 is 5.11. The summed E-state index contributed by atoms with van der Waals surface area (Å²) in [6.07, 6.45) is 0. The van der Waals surface area contributed by atoms with Gasteiger partial charge in [-0.3, -0.25) is 0 Å². The van der Waals surface area contributed by atoms with Crippen molar-refractivity contribution in [3.05, 3.63) is 40.3 Å². The highest BCUT2D eigenvalue weighted by Crippen LogP contribution is 2.21. The van der Waals surface area contributed by atoms with Gasteiger partial charge < -0.3 is 4.42 Å². The highest BCUT2D eigenvalue weighted by atomic mass is 16.4. The van der Waals surface area contributed by atoms with Crippen LogP contribution in [-0.4, -0.2) is 10.2 Å². The molecular formula is C9H7N5O. The zero-order chi connectivity index (χ0) is 10.7. The standard InChI is InChI=1S/C9H7N5O/c1-6-2-4-7(5-3-6)8-11-12-9(15-8)13-14-10/h2-5H,1H3. The molecule has 1 aromatic carbocycles. The van der Waals surface area contributed by atoms with Crippen LogP contribution in [0.2, 0.25) is 0 Å². The summed E-state index contributed by atoms with van der Waals surface area (Å²) in [6, 6.07) is 7.53. The third-order valence-corrected chi connectivity index (χ3v) is 1.84. The molecule has 6 nitrogen and oxygen atoms in total. The van der Waals surface area contributed by atoms with Crippen LogP contribution < -0.4 is 0 Å². The molecule has 1 aromatic heterocycles. The Labute approximate surface area is 85.2 Å². The molecule has 6 heteroatoms. The van der Waals surface area contributed by atoms with E-state index < -0.39 is 0 Å². The van der Waals surface area contributed by atoms with Crippen LogP contribution in [-0.2, 0) is 0 Å². The summed E-state index contributed by atoms with van der Waals surface area (Å²) in [7, 11) is 0. The lowest BCUT2D eigenvalue weighted by Crippen LogP contribution is -1.77. The Morgan fingerprint density at radius 3 is 2.67 bits per heavy atom. The quantitative estimate of drug-likeness (QED) is 0.425. The maximum Gasteiger partial charge on any atom is 0.304 e. The monoisotopic (exact) mass is 201 g/mol. The lowest BCUT2D eigenvalue weighted by molar-refractivity contribution is 0.578. The van der Waals surface area contributed by atoms with Crippen LogP contribution in [0, 0.1) is 6.92 Å². The SMILES string of the molecule is Cc1ccc(-c2nnc(N=[N+]=[N-])o2)cc1. The third-order valence-electron chi connectivity index (χ3n) is 1.84. The molecule has 1 heterocycles. The van der Waals surface area contributed by atoms with E-state index in [9.17, 15) is 0 Å². The average molecular weight is 201 g/mol. The van der Waals surface area contributed by atoms with Gasteiger partial charge in [-0.2, -0.15) is 0 Å². The van der Waals surface area contributed by atoms with Crippen LogP contribution in [0.15, 0.2) is 33.8 Å². The van der Waals surface area contributed by atoms with E-state index >= 15 is 0 Å². The number of aromatic nitrogens is 2. The maximum atomic E-state index is 8.17. The van der Waals surface area contributed by atoms with Gasteiger partial charge in [-0.05, 0) is 24.6 Å². The molecule has 2 rings (SSSR count). The molecule has 0 saturated heterocycles. The Bertz CT molecular complexity index is 510. The highest BCUT2D eigenvalue weighted by molar-refractivity contribution is 5.53. The van der Waals surface area contributed by atoms with Gasteiger partial charge in [0.15, 0.2) is 0 Å². The fourth-order valence-corrected chi connectivity index (χ4v) is 1.11. The van der Waals surface area contributed by atoms with Crippen molar-refractivity contribution in [2.24, 2.45) is 5.11 Å². The molecule has 0 radical (unpaired) electrons. The number of hydrogen-bond acceptors (Lipinski definition) is 4. The second-order valence-corrected chi connectivity index (χ2v) is 2.95. The van der Waals surface area contributed by atoms with Gasteiger partial charge in [-0.25, -0.2) is 0 Å². The van der Waals surface area contributed by atoms with Gasteiger partial charge in [0, 0.05) is 15.6 Å². The van der Waals surface area contributed by atoms with Crippen molar-refractivity contribution in [3.63, 3.8) is 0 Å². The van der Waals surface area contributed by atoms with Crippen LogP contribution in [0.5, 0.6) is 0 Å². The van der Waals surface area contributed by atoms with E-state index in [2.05, 4.69) is 20.2 Å². The topological polar surface area (TPSA) is 87.7 Å². The Hall–Kier alpha value is -2.33. The molecule has 0 aliphatic carbocycles. The van der Waals surface area contributed by atoms with Crippen LogP contribution in [0.4, 0.5) is 6.01 Å². The predicted molar refractivity (Wildman–Crippen MR) is 53.3 cm³/mol. The third kappa shape index (κ3) is 1.95. The minimum absolute atomic E-state index is 0.0759. The number of hydrogen-bond donors (Lipinski definition) is 0. The Kier molecular flexibility index (Phi) is 2.35. The van der Waals surface area contributed by atoms with Gasteiger partial charge in [0.1, 0.15) is 0 Å². The molecule has 0 aliphatic rings. The molecule has 0 fully saturated rings. The number of rotatable bonds is 2. The second kappa shape index (κ2) is 3.81. The fourth-order valence-electron chi connectivity index (χ4n) is 1.11. The second-order valence-electron chi connectivity index (χ2n) is 2.95. The first-order valence-corrected chi connectivity index (χ1v) is 4.25. The molecule has 2 aromatic rings. The zero-order valence-electron chi connectivity index (χ0n) is 7.95. The highest BCUT2D eigenvalue weighted by Gasteiger charge is 2.05. The molecule has 0 aliphatic heterocycles. The lowest BCUT2D eigenvalue weighted by Gasteiger charge is -1.94. The van der Waals surface area contributed by atoms with Crippen molar-refractivity contribution in [3.8, 4) is 11.5 Å². The first-order valence-electron chi connectivity index (χ1n) is 4.25. The van der Waals surface area contributed by atoms with Gasteiger partial charge in [0.25, 0.3) is 0 Å². The molecule has 0 bridgehead atoms. The van der Waals surface area contributed by atoms with Crippen molar-refractivity contribution in [1.29, 1.82) is 0 Å². The number of aryl methyl sites for hydroxylation is 1. The Morgan fingerprint density at radius 2 is 2.00 bits per heavy atom. The summed E-state index contributed by atoms with van der Waals surface area (Å²) in [5.74, 6) is 0.345. The van der Waals surface area contributed by atoms with Crippen LogP contribution in [0.25, 0.3) is 21.9 Å². The molecule has 0 amide bonds. The van der Waals surface area contributed by atoms with E-state index in [4.69, 9.17) is 9.95 Å². The van der Waals surface area contributed by atoms with Crippen LogP contribution >= 0.6 is 0 Å². The molecule has 0 unspecified atom stereocenters. The lowest BCUT2D eigenvalue weighted by atomic mass is 10.1. The van der Waals surface area contributed by atoms with E-state index in [0.29, 0.717) is 5.89 Å². The van der Waals surface area contributed by atoms with Gasteiger partial charge in [-0.15, -0.1) is 10.2 Å². The van der Waals surface area contributed by atoms with E-state index in [1.807, 2.05) is 31.2 Å². The first-order chi connectivity index (χ1) is 7.29.